The van der Waals surface area contributed by atoms with Crippen molar-refractivity contribution in [1.29, 1.82) is 0 Å². The average molecular weight is 499 g/mol. The first kappa shape index (κ1) is 24.9. The highest BCUT2D eigenvalue weighted by molar-refractivity contribution is 7.89. The fourth-order valence-electron chi connectivity index (χ4n) is 4.01. The molecule has 0 unspecified atom stereocenters. The largest absolute Gasteiger partial charge is 0.496 e. The molecule has 1 saturated heterocycles. The average Bonchev–Trinajstić information content (AvgIpc) is 3.32. The van der Waals surface area contributed by atoms with E-state index < -0.39 is 10.0 Å². The lowest BCUT2D eigenvalue weighted by Crippen LogP contribution is -2.40. The Bertz CT molecular complexity index is 1270. The third-order valence-electron chi connectivity index (χ3n) is 6.01. The Labute approximate surface area is 205 Å². The van der Waals surface area contributed by atoms with Crippen LogP contribution in [0.3, 0.4) is 0 Å². The Hall–Kier alpha value is -3.21. The molecule has 0 radical (unpaired) electrons. The van der Waals surface area contributed by atoms with E-state index in [1.54, 1.807) is 24.4 Å². The van der Waals surface area contributed by atoms with E-state index in [-0.39, 0.29) is 17.2 Å². The van der Waals surface area contributed by atoms with E-state index in [0.29, 0.717) is 50.6 Å². The summed E-state index contributed by atoms with van der Waals surface area (Å²) in [6, 6.07) is 12.7. The van der Waals surface area contributed by atoms with Gasteiger partial charge in [0.25, 0.3) is 0 Å². The second kappa shape index (κ2) is 11.0. The summed E-state index contributed by atoms with van der Waals surface area (Å²) in [5.41, 5.74) is 2.67. The number of carbonyl (C=O) groups is 1. The molecule has 3 aromatic rings. The number of sulfonamides is 1. The number of aryl methyl sites for hydroxylation is 2. The van der Waals surface area contributed by atoms with Gasteiger partial charge >= 0.3 is 0 Å². The van der Waals surface area contributed by atoms with Crippen LogP contribution in [0.4, 0.5) is 0 Å². The predicted molar refractivity (Wildman–Crippen MR) is 131 cm³/mol. The number of nitrogens with zero attached hydrogens (tertiary/aromatic N) is 3. The Morgan fingerprint density at radius 1 is 1.14 bits per heavy atom. The summed E-state index contributed by atoms with van der Waals surface area (Å²) in [7, 11) is -2.09. The monoisotopic (exact) mass is 498 g/mol. The second-order valence-electron chi connectivity index (χ2n) is 8.28. The number of hydrogen-bond acceptors (Lipinski definition) is 6. The van der Waals surface area contributed by atoms with Gasteiger partial charge in [0.15, 0.2) is 0 Å². The minimum absolute atomic E-state index is 0.122. The van der Waals surface area contributed by atoms with Crippen molar-refractivity contribution in [3.05, 3.63) is 71.8 Å². The number of imidazole rings is 1. The van der Waals surface area contributed by atoms with Crippen LogP contribution in [-0.4, -0.2) is 61.6 Å². The van der Waals surface area contributed by atoms with Gasteiger partial charge in [-0.2, -0.15) is 4.31 Å². The molecule has 4 rings (SSSR count). The lowest BCUT2D eigenvalue weighted by atomic mass is 10.1. The maximum atomic E-state index is 13.0. The van der Waals surface area contributed by atoms with Crippen molar-refractivity contribution in [2.45, 2.75) is 31.2 Å². The third-order valence-corrected chi connectivity index (χ3v) is 7.91. The molecule has 9 nitrogen and oxygen atoms in total. The number of ether oxygens (including phenoxy) is 2. The number of carbonyl (C=O) groups excluding carboxylic acids is 1. The summed E-state index contributed by atoms with van der Waals surface area (Å²) < 4.78 is 40.1. The van der Waals surface area contributed by atoms with Crippen molar-refractivity contribution in [1.82, 2.24) is 19.2 Å². The van der Waals surface area contributed by atoms with Crippen molar-refractivity contribution in [3.63, 3.8) is 0 Å². The zero-order chi connectivity index (χ0) is 24.8. The Kier molecular flexibility index (Phi) is 7.84. The number of nitrogens with one attached hydrogen (secondary N) is 1. The van der Waals surface area contributed by atoms with Gasteiger partial charge in [0.2, 0.25) is 15.9 Å². The van der Waals surface area contributed by atoms with Crippen LogP contribution in [0.1, 0.15) is 23.4 Å². The molecule has 1 aromatic heterocycles. The summed E-state index contributed by atoms with van der Waals surface area (Å²) >= 11 is 0. The SMILES string of the molecule is COc1ccc(S(=O)(=O)N2CCOCC2)cc1CCC(=O)NCc1ccc(-n2ccnc2C)cc1. The number of rotatable bonds is 9. The first-order valence-corrected chi connectivity index (χ1v) is 12.9. The predicted octanol–water partition coefficient (Wildman–Crippen LogP) is 2.46. The van der Waals surface area contributed by atoms with Gasteiger partial charge in [-0.05, 0) is 54.8 Å². The van der Waals surface area contributed by atoms with Crippen molar-refractivity contribution >= 4 is 15.9 Å². The van der Waals surface area contributed by atoms with Crippen molar-refractivity contribution in [3.8, 4) is 11.4 Å². The van der Waals surface area contributed by atoms with Gasteiger partial charge in [-0.3, -0.25) is 4.79 Å². The number of amides is 1. The van der Waals surface area contributed by atoms with Gasteiger partial charge in [-0.25, -0.2) is 13.4 Å². The third kappa shape index (κ3) is 5.90. The van der Waals surface area contributed by atoms with Gasteiger partial charge in [-0.1, -0.05) is 12.1 Å². The Morgan fingerprint density at radius 2 is 1.89 bits per heavy atom. The molecule has 1 N–H and O–H groups in total. The molecule has 1 aliphatic rings. The normalized spacial score (nSPS) is 14.6. The van der Waals surface area contributed by atoms with Crippen LogP contribution in [0.5, 0.6) is 5.75 Å². The van der Waals surface area contributed by atoms with Gasteiger partial charge in [0.05, 0.1) is 25.2 Å². The van der Waals surface area contributed by atoms with E-state index in [4.69, 9.17) is 9.47 Å². The molecule has 0 atom stereocenters. The quantitative estimate of drug-likeness (QED) is 0.486. The number of hydrogen-bond donors (Lipinski definition) is 1. The Balaban J connectivity index is 1.35. The van der Waals surface area contributed by atoms with Crippen LogP contribution in [0.25, 0.3) is 5.69 Å². The van der Waals surface area contributed by atoms with Crippen LogP contribution < -0.4 is 10.1 Å². The summed E-state index contributed by atoms with van der Waals surface area (Å²) in [6.07, 6.45) is 4.23. The summed E-state index contributed by atoms with van der Waals surface area (Å²) in [5.74, 6) is 1.34. The standard InChI is InChI=1S/C25H30N4O5S/c1-19-26-11-12-29(19)22-6-3-20(4-7-22)18-27-25(30)10-5-21-17-23(8-9-24(21)33-2)35(31,32)28-13-15-34-16-14-28/h3-4,6-9,11-12,17H,5,10,13-16,18H2,1-2H3,(H,27,30). The van der Waals surface area contributed by atoms with Gasteiger partial charge in [0, 0.05) is 44.1 Å². The molecule has 2 aromatic carbocycles. The topological polar surface area (TPSA) is 103 Å². The number of morpholine rings is 1. The van der Waals surface area contributed by atoms with Crippen molar-refractivity contribution < 1.29 is 22.7 Å². The van der Waals surface area contributed by atoms with E-state index in [9.17, 15) is 13.2 Å². The fourth-order valence-corrected chi connectivity index (χ4v) is 5.47. The summed E-state index contributed by atoms with van der Waals surface area (Å²) in [4.78, 5) is 16.9. The summed E-state index contributed by atoms with van der Waals surface area (Å²) in [5, 5.41) is 2.93. The Morgan fingerprint density at radius 3 is 2.54 bits per heavy atom. The zero-order valence-corrected chi connectivity index (χ0v) is 20.8. The number of aromatic nitrogens is 2. The first-order chi connectivity index (χ1) is 16.9. The van der Waals surface area contributed by atoms with E-state index in [2.05, 4.69) is 10.3 Å². The molecule has 0 aliphatic carbocycles. The molecule has 0 bridgehead atoms. The molecular weight excluding hydrogens is 468 g/mol. The zero-order valence-electron chi connectivity index (χ0n) is 19.9. The minimum atomic E-state index is -3.63. The van der Waals surface area contributed by atoms with E-state index in [0.717, 1.165) is 17.1 Å². The van der Waals surface area contributed by atoms with Gasteiger partial charge in [-0.15, -0.1) is 0 Å². The lowest BCUT2D eigenvalue weighted by molar-refractivity contribution is -0.121. The van der Waals surface area contributed by atoms with Crippen LogP contribution in [0, 0.1) is 6.92 Å². The number of benzene rings is 2. The van der Waals surface area contributed by atoms with E-state index in [1.165, 1.54) is 11.4 Å². The molecule has 1 fully saturated rings. The first-order valence-electron chi connectivity index (χ1n) is 11.5. The molecule has 35 heavy (non-hydrogen) atoms. The van der Waals surface area contributed by atoms with Gasteiger partial charge in [0.1, 0.15) is 11.6 Å². The van der Waals surface area contributed by atoms with Crippen LogP contribution in [-0.2, 0) is 32.5 Å². The number of methoxy groups -OCH3 is 1. The van der Waals surface area contributed by atoms with E-state index >= 15 is 0 Å². The minimum Gasteiger partial charge on any atom is -0.496 e. The molecule has 186 valence electrons. The molecule has 0 spiro atoms. The molecule has 0 saturated carbocycles. The maximum Gasteiger partial charge on any atom is 0.243 e. The molecule has 10 heteroatoms. The second-order valence-corrected chi connectivity index (χ2v) is 10.2. The van der Waals surface area contributed by atoms with Crippen LogP contribution in [0.2, 0.25) is 0 Å². The maximum absolute atomic E-state index is 13.0. The smallest absolute Gasteiger partial charge is 0.243 e. The lowest BCUT2D eigenvalue weighted by Gasteiger charge is -2.26. The highest BCUT2D eigenvalue weighted by Gasteiger charge is 2.27. The fraction of sp³-hybridized carbons (Fsp3) is 0.360. The van der Waals surface area contributed by atoms with Gasteiger partial charge < -0.3 is 19.4 Å². The van der Waals surface area contributed by atoms with Crippen LogP contribution in [0.15, 0.2) is 59.8 Å². The molecule has 1 aliphatic heterocycles. The van der Waals surface area contributed by atoms with E-state index in [1.807, 2.05) is 42.0 Å². The van der Waals surface area contributed by atoms with Crippen molar-refractivity contribution in [2.24, 2.45) is 0 Å². The molecule has 1 amide bonds. The highest BCUT2D eigenvalue weighted by atomic mass is 32.2. The molecule has 2 heterocycles. The van der Waals surface area contributed by atoms with Crippen molar-refractivity contribution in [2.75, 3.05) is 33.4 Å². The summed E-state index contributed by atoms with van der Waals surface area (Å²) in [6.45, 7) is 3.77. The highest BCUT2D eigenvalue weighted by Crippen LogP contribution is 2.26. The van der Waals surface area contributed by atoms with Crippen LogP contribution >= 0.6 is 0 Å². The molecular formula is C25H30N4O5S.